The minimum atomic E-state index is -0.392. The largest absolute Gasteiger partial charge is 0.395 e. The predicted octanol–water partition coefficient (Wildman–Crippen LogP) is 0.951. The second kappa shape index (κ2) is 7.57. The maximum Gasteiger partial charge on any atom is 0.244 e. The summed E-state index contributed by atoms with van der Waals surface area (Å²) in [5, 5.41) is 15.5. The van der Waals surface area contributed by atoms with Gasteiger partial charge in [-0.1, -0.05) is 11.8 Å². The van der Waals surface area contributed by atoms with Crippen LogP contribution in [0.25, 0.3) is 0 Å². The highest BCUT2D eigenvalue weighted by molar-refractivity contribution is 7.12. The van der Waals surface area contributed by atoms with Gasteiger partial charge in [0.2, 0.25) is 5.91 Å². The van der Waals surface area contributed by atoms with Crippen molar-refractivity contribution in [3.8, 4) is 11.8 Å². The van der Waals surface area contributed by atoms with E-state index in [0.29, 0.717) is 13.0 Å². The van der Waals surface area contributed by atoms with E-state index in [0.717, 1.165) is 9.75 Å². The summed E-state index contributed by atoms with van der Waals surface area (Å²) in [4.78, 5) is 17.8. The molecule has 2 rings (SSSR count). The lowest BCUT2D eigenvalue weighted by Crippen LogP contribution is -2.30. The van der Waals surface area contributed by atoms with Crippen LogP contribution in [0.3, 0.4) is 0 Å². The van der Waals surface area contributed by atoms with Crippen LogP contribution < -0.4 is 5.32 Å². The number of amides is 1. The van der Waals surface area contributed by atoms with Crippen LogP contribution in [0.1, 0.15) is 29.1 Å². The third-order valence-electron chi connectivity index (χ3n) is 2.76. The highest BCUT2D eigenvalue weighted by Gasteiger charge is 2.14. The number of thiophene rings is 1. The van der Waals surface area contributed by atoms with Crippen molar-refractivity contribution in [1.29, 1.82) is 0 Å². The van der Waals surface area contributed by atoms with Crippen molar-refractivity contribution in [2.45, 2.75) is 25.9 Å². The Labute approximate surface area is 126 Å². The summed E-state index contributed by atoms with van der Waals surface area (Å²) in [5.74, 6) is 5.73. The van der Waals surface area contributed by atoms with Gasteiger partial charge in [0, 0.05) is 11.3 Å². The molecule has 1 amide bonds. The summed E-state index contributed by atoms with van der Waals surface area (Å²) < 4.78 is 1.51. The summed E-state index contributed by atoms with van der Waals surface area (Å²) in [6.07, 6.45) is 3.39. The van der Waals surface area contributed by atoms with Gasteiger partial charge in [0.25, 0.3) is 0 Å². The number of carbonyl (C=O) groups excluding carboxylic acids is 1. The first kappa shape index (κ1) is 15.2. The maximum atomic E-state index is 12.0. The fourth-order valence-electron chi connectivity index (χ4n) is 1.61. The van der Waals surface area contributed by atoms with Crippen LogP contribution in [0.5, 0.6) is 0 Å². The highest BCUT2D eigenvalue weighted by Crippen LogP contribution is 2.15. The van der Waals surface area contributed by atoms with E-state index in [2.05, 4.69) is 27.2 Å². The Kier molecular flexibility index (Phi) is 5.49. The number of aromatic nitrogens is 3. The van der Waals surface area contributed by atoms with Crippen molar-refractivity contribution >= 4 is 17.2 Å². The molecule has 0 spiro atoms. The zero-order chi connectivity index (χ0) is 15.1. The molecule has 0 aliphatic heterocycles. The van der Waals surface area contributed by atoms with Crippen molar-refractivity contribution in [3.63, 3.8) is 0 Å². The molecule has 0 saturated carbocycles. The summed E-state index contributed by atoms with van der Waals surface area (Å²) in [7, 11) is 0. The van der Waals surface area contributed by atoms with E-state index in [1.165, 1.54) is 28.7 Å². The summed E-state index contributed by atoms with van der Waals surface area (Å²) in [6.45, 7) is 2.30. The van der Waals surface area contributed by atoms with Gasteiger partial charge in [0.05, 0.1) is 18.0 Å². The number of aliphatic hydroxyl groups is 1. The molecule has 2 aromatic rings. The van der Waals surface area contributed by atoms with E-state index in [9.17, 15) is 4.79 Å². The molecule has 7 heteroatoms. The van der Waals surface area contributed by atoms with Crippen molar-refractivity contribution in [2.75, 3.05) is 6.61 Å². The molecule has 0 radical (unpaired) electrons. The van der Waals surface area contributed by atoms with Crippen molar-refractivity contribution in [2.24, 2.45) is 0 Å². The predicted molar refractivity (Wildman–Crippen MR) is 79.5 cm³/mol. The van der Waals surface area contributed by atoms with Crippen LogP contribution in [0, 0.1) is 11.8 Å². The minimum absolute atomic E-state index is 0.0709. The van der Waals surface area contributed by atoms with Gasteiger partial charge in [-0.25, -0.2) is 9.67 Å². The molecule has 0 fully saturated rings. The first-order valence-corrected chi connectivity index (χ1v) is 7.32. The summed E-state index contributed by atoms with van der Waals surface area (Å²) >= 11 is 1.53. The molecule has 1 unspecified atom stereocenters. The quantitative estimate of drug-likeness (QED) is 0.806. The van der Waals surface area contributed by atoms with E-state index in [1.807, 2.05) is 12.1 Å². The lowest BCUT2D eigenvalue weighted by Gasteiger charge is -2.11. The third kappa shape index (κ3) is 4.41. The number of nitrogens with zero attached hydrogens (tertiary/aromatic N) is 3. The highest BCUT2D eigenvalue weighted by atomic mass is 32.1. The lowest BCUT2D eigenvalue weighted by atomic mass is 10.3. The minimum Gasteiger partial charge on any atom is -0.395 e. The first-order valence-electron chi connectivity index (χ1n) is 6.51. The zero-order valence-corrected chi connectivity index (χ0v) is 12.4. The number of aliphatic hydroxyl groups excluding tert-OH is 1. The lowest BCUT2D eigenvalue weighted by molar-refractivity contribution is -0.124. The SMILES string of the molecule is CC(C(=O)NCc1ccc(C#CCCO)s1)n1cncn1. The first-order chi connectivity index (χ1) is 10.2. The van der Waals surface area contributed by atoms with Crippen molar-refractivity contribution in [3.05, 3.63) is 34.5 Å². The normalized spacial score (nSPS) is 11.5. The molecule has 21 heavy (non-hydrogen) atoms. The Morgan fingerprint density at radius 3 is 3.14 bits per heavy atom. The second-order valence-electron chi connectivity index (χ2n) is 4.31. The van der Waals surface area contributed by atoms with Gasteiger partial charge in [0.1, 0.15) is 18.7 Å². The molecule has 110 valence electrons. The number of hydrogen-bond donors (Lipinski definition) is 2. The molecular weight excluding hydrogens is 288 g/mol. The van der Waals surface area contributed by atoms with E-state index in [1.54, 1.807) is 6.92 Å². The topological polar surface area (TPSA) is 80.0 Å². The van der Waals surface area contributed by atoms with E-state index in [-0.39, 0.29) is 12.5 Å². The van der Waals surface area contributed by atoms with Crippen LogP contribution >= 0.6 is 11.3 Å². The van der Waals surface area contributed by atoms with Gasteiger partial charge in [-0.15, -0.1) is 11.3 Å². The molecule has 2 N–H and O–H groups in total. The van der Waals surface area contributed by atoms with Gasteiger partial charge < -0.3 is 10.4 Å². The average Bonchev–Trinajstić information content (AvgIpc) is 3.16. The Balaban J connectivity index is 1.86. The van der Waals surface area contributed by atoms with Gasteiger partial charge in [-0.2, -0.15) is 5.10 Å². The van der Waals surface area contributed by atoms with E-state index < -0.39 is 6.04 Å². The summed E-state index contributed by atoms with van der Waals surface area (Å²) in [5.41, 5.74) is 0. The fraction of sp³-hybridized carbons (Fsp3) is 0.357. The average molecular weight is 304 g/mol. The van der Waals surface area contributed by atoms with Crippen molar-refractivity contribution < 1.29 is 9.90 Å². The van der Waals surface area contributed by atoms with Crippen molar-refractivity contribution in [1.82, 2.24) is 20.1 Å². The monoisotopic (exact) mass is 304 g/mol. The molecule has 0 saturated heterocycles. The number of carbonyl (C=O) groups is 1. The molecule has 1 atom stereocenters. The molecule has 2 aromatic heterocycles. The molecule has 6 nitrogen and oxygen atoms in total. The Morgan fingerprint density at radius 1 is 1.57 bits per heavy atom. The summed E-state index contributed by atoms with van der Waals surface area (Å²) in [6, 6.07) is 3.46. The molecule has 2 heterocycles. The molecule has 0 aromatic carbocycles. The molecular formula is C14H16N4O2S. The standard InChI is InChI=1S/C14H16N4O2S/c1-11(18-10-15-9-17-18)14(20)16-8-13-6-5-12(21-13)4-2-3-7-19/h5-6,9-11,19H,3,7-8H2,1H3,(H,16,20). The van der Waals surface area contributed by atoms with E-state index in [4.69, 9.17) is 5.11 Å². The van der Waals surface area contributed by atoms with Gasteiger partial charge in [-0.05, 0) is 19.1 Å². The van der Waals surface area contributed by atoms with Crippen LogP contribution in [-0.4, -0.2) is 32.4 Å². The van der Waals surface area contributed by atoms with Crippen LogP contribution in [0.4, 0.5) is 0 Å². The van der Waals surface area contributed by atoms with E-state index >= 15 is 0 Å². The van der Waals surface area contributed by atoms with Crippen LogP contribution in [0.2, 0.25) is 0 Å². The zero-order valence-electron chi connectivity index (χ0n) is 11.6. The van der Waals surface area contributed by atoms with Gasteiger partial charge in [0.15, 0.2) is 0 Å². The van der Waals surface area contributed by atoms with Gasteiger partial charge >= 0.3 is 0 Å². The number of hydrogen-bond acceptors (Lipinski definition) is 5. The molecule has 0 bridgehead atoms. The van der Waals surface area contributed by atoms with Crippen LogP contribution in [-0.2, 0) is 11.3 Å². The smallest absolute Gasteiger partial charge is 0.244 e. The Morgan fingerprint density at radius 2 is 2.43 bits per heavy atom. The Bertz CT molecular complexity index is 639. The Hall–Kier alpha value is -2.17. The maximum absolute atomic E-state index is 12.0. The molecule has 0 aliphatic carbocycles. The van der Waals surface area contributed by atoms with Crippen LogP contribution in [0.15, 0.2) is 24.8 Å². The number of nitrogens with one attached hydrogen (secondary N) is 1. The third-order valence-corrected chi connectivity index (χ3v) is 3.76. The molecule has 0 aliphatic rings. The van der Waals surface area contributed by atoms with Gasteiger partial charge in [-0.3, -0.25) is 4.79 Å². The second-order valence-corrected chi connectivity index (χ2v) is 5.48. The number of rotatable bonds is 5. The fourth-order valence-corrected chi connectivity index (χ4v) is 2.43.